The third-order valence-electron chi connectivity index (χ3n) is 1.99. The van der Waals surface area contributed by atoms with Crippen molar-refractivity contribution < 1.29 is 4.42 Å². The van der Waals surface area contributed by atoms with E-state index in [1.807, 2.05) is 24.3 Å². The van der Waals surface area contributed by atoms with E-state index in [9.17, 15) is 0 Å². The van der Waals surface area contributed by atoms with Gasteiger partial charge < -0.3 is 9.73 Å². The molecule has 0 spiro atoms. The molecule has 2 aromatic rings. The van der Waals surface area contributed by atoms with Crippen LogP contribution in [0, 0.1) is 0 Å². The molecule has 15 heavy (non-hydrogen) atoms. The average Bonchev–Trinajstić information content (AvgIpc) is 2.72. The number of benzene rings is 1. The van der Waals surface area contributed by atoms with Crippen LogP contribution < -0.4 is 5.32 Å². The molecular weight excluding hydrogens is 277 g/mol. The van der Waals surface area contributed by atoms with Crippen molar-refractivity contribution in [3.63, 3.8) is 0 Å². The number of nitrogens with one attached hydrogen (secondary N) is 1. The summed E-state index contributed by atoms with van der Waals surface area (Å²) < 4.78 is 5.97. The first-order chi connectivity index (χ1) is 7.25. The van der Waals surface area contributed by atoms with Gasteiger partial charge in [0.25, 0.3) is 0 Å². The Morgan fingerprint density at radius 2 is 2.20 bits per heavy atom. The summed E-state index contributed by atoms with van der Waals surface area (Å²) in [7, 11) is 0. The van der Waals surface area contributed by atoms with Gasteiger partial charge in [0.15, 0.2) is 0 Å². The Bertz CT molecular complexity index is 442. The molecule has 1 N–H and O–H groups in total. The molecule has 0 saturated carbocycles. The molecule has 0 fully saturated rings. The molecule has 4 heteroatoms. The normalized spacial score (nSPS) is 10.3. The van der Waals surface area contributed by atoms with E-state index in [1.165, 1.54) is 0 Å². The maximum Gasteiger partial charge on any atom is 0.0952 e. The van der Waals surface area contributed by atoms with E-state index < -0.39 is 0 Å². The highest BCUT2D eigenvalue weighted by Crippen LogP contribution is 2.26. The molecule has 2 nitrogen and oxygen atoms in total. The second-order valence-electron chi connectivity index (χ2n) is 3.11. The number of hydrogen-bond acceptors (Lipinski definition) is 2. The fourth-order valence-corrected chi connectivity index (χ4v) is 1.78. The van der Waals surface area contributed by atoms with Crippen LogP contribution in [0.15, 0.2) is 45.7 Å². The van der Waals surface area contributed by atoms with E-state index in [2.05, 4.69) is 21.2 Å². The van der Waals surface area contributed by atoms with Gasteiger partial charge in [-0.25, -0.2) is 0 Å². The molecule has 1 aromatic heterocycles. The molecule has 0 aliphatic carbocycles. The topological polar surface area (TPSA) is 25.2 Å². The zero-order chi connectivity index (χ0) is 10.7. The summed E-state index contributed by atoms with van der Waals surface area (Å²) in [6, 6.07) is 7.56. The van der Waals surface area contributed by atoms with Gasteiger partial charge in [0.2, 0.25) is 0 Å². The molecule has 0 aliphatic heterocycles. The van der Waals surface area contributed by atoms with Crippen molar-refractivity contribution in [2.75, 3.05) is 5.32 Å². The second kappa shape index (κ2) is 4.73. The van der Waals surface area contributed by atoms with E-state index in [0.29, 0.717) is 5.02 Å². The number of furan rings is 1. The number of halogens is 2. The molecule has 78 valence electrons. The van der Waals surface area contributed by atoms with E-state index >= 15 is 0 Å². The van der Waals surface area contributed by atoms with Crippen molar-refractivity contribution in [1.29, 1.82) is 0 Å². The van der Waals surface area contributed by atoms with Gasteiger partial charge in [0.1, 0.15) is 0 Å². The quantitative estimate of drug-likeness (QED) is 0.909. The highest BCUT2D eigenvalue weighted by atomic mass is 79.9. The Labute approximate surface area is 101 Å². The van der Waals surface area contributed by atoms with E-state index in [-0.39, 0.29) is 0 Å². The fourth-order valence-electron chi connectivity index (χ4n) is 1.22. The average molecular weight is 287 g/mol. The molecule has 0 amide bonds. The molecule has 0 bridgehead atoms. The van der Waals surface area contributed by atoms with Crippen LogP contribution in [0.3, 0.4) is 0 Å². The Balaban J connectivity index is 2.07. The first-order valence-corrected chi connectivity index (χ1v) is 5.63. The van der Waals surface area contributed by atoms with Gasteiger partial charge in [-0.05, 0) is 40.2 Å². The van der Waals surface area contributed by atoms with Gasteiger partial charge in [-0.2, -0.15) is 0 Å². The molecule has 1 heterocycles. The molecule has 0 atom stereocenters. The summed E-state index contributed by atoms with van der Waals surface area (Å²) in [5, 5.41) is 3.98. The number of anilines is 1. The van der Waals surface area contributed by atoms with E-state index in [4.69, 9.17) is 16.0 Å². The summed E-state index contributed by atoms with van der Waals surface area (Å²) in [4.78, 5) is 0. The summed E-state index contributed by atoms with van der Waals surface area (Å²) >= 11 is 9.35. The van der Waals surface area contributed by atoms with Gasteiger partial charge in [-0.1, -0.05) is 11.6 Å². The smallest absolute Gasteiger partial charge is 0.0952 e. The van der Waals surface area contributed by atoms with Gasteiger partial charge in [-0.15, -0.1) is 0 Å². The summed E-state index contributed by atoms with van der Waals surface area (Å²) in [6.45, 7) is 0.718. The van der Waals surface area contributed by atoms with Crippen LogP contribution in [0.2, 0.25) is 5.02 Å². The molecule has 0 radical (unpaired) electrons. The van der Waals surface area contributed by atoms with Crippen LogP contribution in [-0.4, -0.2) is 0 Å². The molecule has 0 saturated heterocycles. The van der Waals surface area contributed by atoms with Gasteiger partial charge in [-0.3, -0.25) is 0 Å². The van der Waals surface area contributed by atoms with E-state index in [1.54, 1.807) is 12.5 Å². The van der Waals surface area contributed by atoms with Crippen LogP contribution in [0.5, 0.6) is 0 Å². The summed E-state index contributed by atoms with van der Waals surface area (Å²) in [5.41, 5.74) is 2.07. The highest BCUT2D eigenvalue weighted by Gasteiger charge is 2.00. The minimum absolute atomic E-state index is 0.716. The molecule has 0 aliphatic rings. The SMILES string of the molecule is Clc1ccc(Br)c(NCc2ccoc2)c1. The third-order valence-corrected chi connectivity index (χ3v) is 2.92. The van der Waals surface area contributed by atoms with Gasteiger partial charge in [0, 0.05) is 21.6 Å². The molecule has 1 aromatic carbocycles. The predicted molar refractivity (Wildman–Crippen MR) is 65.2 cm³/mol. The number of hydrogen-bond donors (Lipinski definition) is 1. The second-order valence-corrected chi connectivity index (χ2v) is 4.40. The summed E-state index contributed by atoms with van der Waals surface area (Å²) in [5.74, 6) is 0. The van der Waals surface area contributed by atoms with Crippen molar-refractivity contribution in [1.82, 2.24) is 0 Å². The van der Waals surface area contributed by atoms with Crippen LogP contribution in [-0.2, 0) is 6.54 Å². The lowest BCUT2D eigenvalue weighted by Gasteiger charge is -2.07. The first kappa shape index (κ1) is 10.6. The van der Waals surface area contributed by atoms with E-state index in [0.717, 1.165) is 22.3 Å². The minimum atomic E-state index is 0.716. The van der Waals surface area contributed by atoms with Crippen molar-refractivity contribution >= 4 is 33.2 Å². The van der Waals surface area contributed by atoms with Crippen molar-refractivity contribution in [3.8, 4) is 0 Å². The Kier molecular flexibility index (Phi) is 3.34. The lowest BCUT2D eigenvalue weighted by molar-refractivity contribution is 0.564. The maximum absolute atomic E-state index is 5.90. The Morgan fingerprint density at radius 3 is 2.93 bits per heavy atom. The lowest BCUT2D eigenvalue weighted by Crippen LogP contribution is -1.98. The van der Waals surface area contributed by atoms with Crippen molar-refractivity contribution in [2.45, 2.75) is 6.54 Å². The highest BCUT2D eigenvalue weighted by molar-refractivity contribution is 9.10. The monoisotopic (exact) mass is 285 g/mol. The van der Waals surface area contributed by atoms with Crippen LogP contribution >= 0.6 is 27.5 Å². The van der Waals surface area contributed by atoms with Gasteiger partial charge in [0.05, 0.1) is 18.2 Å². The van der Waals surface area contributed by atoms with Crippen molar-refractivity contribution in [3.05, 3.63) is 51.9 Å². The molecular formula is C11H9BrClNO. The lowest BCUT2D eigenvalue weighted by atomic mass is 10.3. The zero-order valence-corrected chi connectivity index (χ0v) is 10.2. The molecule has 0 unspecified atom stereocenters. The predicted octanol–water partition coefficient (Wildman–Crippen LogP) is 4.31. The summed E-state index contributed by atoms with van der Waals surface area (Å²) in [6.07, 6.45) is 3.37. The Hall–Kier alpha value is -0.930. The largest absolute Gasteiger partial charge is 0.472 e. The standard InChI is InChI=1S/C11H9BrClNO/c12-10-2-1-9(13)5-11(10)14-6-8-3-4-15-7-8/h1-5,7,14H,6H2. The zero-order valence-electron chi connectivity index (χ0n) is 7.84. The maximum atomic E-state index is 5.90. The van der Waals surface area contributed by atoms with Crippen molar-refractivity contribution in [2.24, 2.45) is 0 Å². The van der Waals surface area contributed by atoms with Crippen LogP contribution in [0.1, 0.15) is 5.56 Å². The van der Waals surface area contributed by atoms with Crippen LogP contribution in [0.25, 0.3) is 0 Å². The Morgan fingerprint density at radius 1 is 1.33 bits per heavy atom. The third kappa shape index (κ3) is 2.76. The minimum Gasteiger partial charge on any atom is -0.472 e. The first-order valence-electron chi connectivity index (χ1n) is 4.46. The fraction of sp³-hybridized carbons (Fsp3) is 0.0909. The van der Waals surface area contributed by atoms with Crippen LogP contribution in [0.4, 0.5) is 5.69 Å². The number of rotatable bonds is 3. The molecule has 2 rings (SSSR count). The van der Waals surface area contributed by atoms with Gasteiger partial charge >= 0.3 is 0 Å².